The summed E-state index contributed by atoms with van der Waals surface area (Å²) in [5.41, 5.74) is 0. The number of ether oxygens (including phenoxy) is 4. The number of aliphatic hydroxyl groups excluding tert-OH is 1. The minimum Gasteiger partial charge on any atom is -0.462 e. The van der Waals surface area contributed by atoms with Crippen molar-refractivity contribution in [2.45, 2.75) is 356 Å². The molecule has 0 aromatic carbocycles. The first-order valence-corrected chi connectivity index (χ1v) is 38.5. The van der Waals surface area contributed by atoms with Crippen LogP contribution in [0.5, 0.6) is 0 Å². The van der Waals surface area contributed by atoms with E-state index in [0.717, 1.165) is 120 Å². The third-order valence-corrected chi connectivity index (χ3v) is 18.6. The topological polar surface area (TPSA) is 237 Å². The van der Waals surface area contributed by atoms with Gasteiger partial charge in [0.05, 0.1) is 26.4 Å². The highest BCUT2D eigenvalue weighted by atomic mass is 31.2. The molecule has 516 valence electrons. The van der Waals surface area contributed by atoms with Crippen molar-refractivity contribution in [3.05, 3.63) is 0 Å². The van der Waals surface area contributed by atoms with E-state index < -0.39 is 97.5 Å². The molecule has 0 aromatic rings. The molecule has 0 aliphatic rings. The van der Waals surface area contributed by atoms with Crippen LogP contribution in [0.25, 0.3) is 0 Å². The molecule has 0 heterocycles. The van der Waals surface area contributed by atoms with Crippen molar-refractivity contribution in [2.75, 3.05) is 39.6 Å². The van der Waals surface area contributed by atoms with E-state index in [-0.39, 0.29) is 25.7 Å². The lowest BCUT2D eigenvalue weighted by Crippen LogP contribution is -2.30. The van der Waals surface area contributed by atoms with Gasteiger partial charge in [0.1, 0.15) is 19.3 Å². The fraction of sp³-hybridized carbons (Fsp3) is 0.941. The number of hydrogen-bond acceptors (Lipinski definition) is 15. The Hall–Kier alpha value is -1.94. The molecule has 0 radical (unpaired) electrons. The Morgan fingerprint density at radius 2 is 0.552 bits per heavy atom. The van der Waals surface area contributed by atoms with E-state index >= 15 is 0 Å². The zero-order valence-corrected chi connectivity index (χ0v) is 58.3. The molecule has 17 nitrogen and oxygen atoms in total. The first kappa shape index (κ1) is 85.1. The first-order chi connectivity index (χ1) is 41.8. The zero-order chi connectivity index (χ0) is 64.5. The van der Waals surface area contributed by atoms with Gasteiger partial charge in [0, 0.05) is 25.7 Å². The Labute approximate surface area is 530 Å². The number of hydrogen-bond donors (Lipinski definition) is 3. The average molecular weight is 1280 g/mol. The predicted molar refractivity (Wildman–Crippen MR) is 349 cm³/mol. The van der Waals surface area contributed by atoms with E-state index in [1.165, 1.54) is 135 Å². The molecule has 0 amide bonds. The second kappa shape index (κ2) is 59.1. The summed E-state index contributed by atoms with van der Waals surface area (Å²) in [6, 6.07) is 0. The van der Waals surface area contributed by atoms with Crippen LogP contribution >= 0.6 is 15.6 Å². The van der Waals surface area contributed by atoms with Crippen LogP contribution in [-0.4, -0.2) is 96.7 Å². The molecule has 0 saturated heterocycles. The van der Waals surface area contributed by atoms with Crippen LogP contribution in [0.15, 0.2) is 0 Å². The summed E-state index contributed by atoms with van der Waals surface area (Å²) >= 11 is 0. The number of carbonyl (C=O) groups excluding carboxylic acids is 4. The molecule has 0 rings (SSSR count). The van der Waals surface area contributed by atoms with Gasteiger partial charge >= 0.3 is 39.5 Å². The SMILES string of the molecule is CCCCCCCC(=O)OC[C@H](COP(=O)(O)OC[C@H](O)COP(=O)(O)OC[C@@H](COC(=O)CCCCCCCCC(C)CC)OC(=O)CCCCCCCCCCCCCCCCCCCCC(C)CC)OC(=O)CCCCCCCCC(C)CC. The lowest BCUT2D eigenvalue weighted by atomic mass is 9.99. The van der Waals surface area contributed by atoms with Crippen molar-refractivity contribution >= 4 is 39.5 Å². The summed E-state index contributed by atoms with van der Waals surface area (Å²) in [6.45, 7) is 11.7. The standard InChI is InChI=1S/C68H132O17P2/c1-8-12-13-32-42-49-65(70)78-55-63(85-68(73)52-45-38-31-29-35-41-48-61(7)11-4)57-82-86(74,75)80-53-62(69)54-81-87(76,77)83-58-64(56-79-66(71)50-43-36-30-28-34-40-47-60(6)10-3)84-67(72)51-44-37-27-25-23-21-19-17-15-14-16-18-20-22-24-26-33-39-46-59(5)9-2/h59-64,69H,8-58H2,1-7H3,(H,74,75)(H,76,77)/t59?,60?,61?,62-,63+,64+/m0/s1. The number of phosphoric acid groups is 2. The second-order valence-corrected chi connectivity index (χ2v) is 28.2. The minimum absolute atomic E-state index is 0.102. The number of esters is 4. The maximum absolute atomic E-state index is 13.0. The van der Waals surface area contributed by atoms with Gasteiger partial charge in [0.25, 0.3) is 0 Å². The number of aliphatic hydroxyl groups is 1. The monoisotopic (exact) mass is 1280 g/mol. The molecular formula is C68H132O17P2. The van der Waals surface area contributed by atoms with Gasteiger partial charge in [-0.25, -0.2) is 9.13 Å². The van der Waals surface area contributed by atoms with Crippen LogP contribution in [0.3, 0.4) is 0 Å². The van der Waals surface area contributed by atoms with Crippen LogP contribution < -0.4 is 0 Å². The third-order valence-electron chi connectivity index (χ3n) is 16.7. The van der Waals surface area contributed by atoms with Crippen molar-refractivity contribution in [3.8, 4) is 0 Å². The molecule has 0 aromatic heterocycles. The maximum atomic E-state index is 13.0. The lowest BCUT2D eigenvalue weighted by Gasteiger charge is -2.21. The fourth-order valence-electron chi connectivity index (χ4n) is 10.1. The maximum Gasteiger partial charge on any atom is 0.472 e. The molecule has 0 aliphatic heterocycles. The first-order valence-electron chi connectivity index (χ1n) is 35.5. The van der Waals surface area contributed by atoms with E-state index in [1.54, 1.807) is 0 Å². The summed E-state index contributed by atoms with van der Waals surface area (Å²) in [5, 5.41) is 10.5. The van der Waals surface area contributed by atoms with E-state index in [2.05, 4.69) is 48.5 Å². The highest BCUT2D eigenvalue weighted by Gasteiger charge is 2.30. The van der Waals surface area contributed by atoms with Gasteiger partial charge in [-0.2, -0.15) is 0 Å². The van der Waals surface area contributed by atoms with Gasteiger partial charge in [-0.3, -0.25) is 37.3 Å². The molecule has 0 aliphatic carbocycles. The molecule has 19 heteroatoms. The number of unbranched alkanes of at least 4 members (excludes halogenated alkanes) is 31. The molecular weight excluding hydrogens is 1150 g/mol. The van der Waals surface area contributed by atoms with Gasteiger partial charge in [-0.15, -0.1) is 0 Å². The lowest BCUT2D eigenvalue weighted by molar-refractivity contribution is -0.161. The summed E-state index contributed by atoms with van der Waals surface area (Å²) in [5.74, 6) is 0.177. The molecule has 8 atom stereocenters. The third kappa shape index (κ3) is 58.9. The summed E-state index contributed by atoms with van der Waals surface area (Å²) in [7, 11) is -9.88. The quantitative estimate of drug-likeness (QED) is 0.0222. The van der Waals surface area contributed by atoms with Crippen LogP contribution in [0.4, 0.5) is 0 Å². The van der Waals surface area contributed by atoms with E-state index in [1.807, 2.05) is 0 Å². The normalized spacial score (nSPS) is 15.2. The largest absolute Gasteiger partial charge is 0.472 e. The summed E-state index contributed by atoms with van der Waals surface area (Å²) in [6.07, 6.45) is 42.3. The predicted octanol–water partition coefficient (Wildman–Crippen LogP) is 19.1. The minimum atomic E-state index is -4.95. The van der Waals surface area contributed by atoms with Gasteiger partial charge < -0.3 is 33.8 Å². The van der Waals surface area contributed by atoms with Crippen molar-refractivity contribution in [1.82, 2.24) is 0 Å². The van der Waals surface area contributed by atoms with Crippen molar-refractivity contribution < 1.29 is 80.2 Å². The highest BCUT2D eigenvalue weighted by molar-refractivity contribution is 7.47. The van der Waals surface area contributed by atoms with Crippen LogP contribution in [-0.2, 0) is 65.4 Å². The van der Waals surface area contributed by atoms with Crippen LogP contribution in [0, 0.1) is 17.8 Å². The Bertz CT molecular complexity index is 1720. The number of carbonyl (C=O) groups is 4. The zero-order valence-electron chi connectivity index (χ0n) is 56.5. The summed E-state index contributed by atoms with van der Waals surface area (Å²) < 4.78 is 67.9. The Balaban J connectivity index is 5.07. The second-order valence-electron chi connectivity index (χ2n) is 25.3. The molecule has 0 spiro atoms. The van der Waals surface area contributed by atoms with E-state index in [4.69, 9.17) is 37.0 Å². The van der Waals surface area contributed by atoms with Gasteiger partial charge in [0.2, 0.25) is 0 Å². The Morgan fingerprint density at radius 3 is 0.816 bits per heavy atom. The van der Waals surface area contributed by atoms with Gasteiger partial charge in [-0.1, -0.05) is 286 Å². The Morgan fingerprint density at radius 1 is 0.322 bits per heavy atom. The van der Waals surface area contributed by atoms with Crippen molar-refractivity contribution in [2.24, 2.45) is 17.8 Å². The average Bonchev–Trinajstić information content (AvgIpc) is 3.71. The number of rotatable bonds is 66. The van der Waals surface area contributed by atoms with Gasteiger partial charge in [0.15, 0.2) is 12.2 Å². The van der Waals surface area contributed by atoms with E-state index in [9.17, 15) is 43.2 Å². The van der Waals surface area contributed by atoms with Crippen LogP contribution in [0.2, 0.25) is 0 Å². The van der Waals surface area contributed by atoms with Crippen molar-refractivity contribution in [3.63, 3.8) is 0 Å². The Kier molecular flexibility index (Phi) is 57.8. The highest BCUT2D eigenvalue weighted by Crippen LogP contribution is 2.45. The van der Waals surface area contributed by atoms with Crippen molar-refractivity contribution in [1.29, 1.82) is 0 Å². The number of phosphoric ester groups is 2. The molecule has 0 bridgehead atoms. The fourth-order valence-corrected chi connectivity index (χ4v) is 11.7. The molecule has 0 saturated carbocycles. The molecule has 0 fully saturated rings. The summed E-state index contributed by atoms with van der Waals surface area (Å²) in [4.78, 5) is 72.1. The van der Waals surface area contributed by atoms with Crippen LogP contribution in [0.1, 0.15) is 337 Å². The molecule has 87 heavy (non-hydrogen) atoms. The smallest absolute Gasteiger partial charge is 0.462 e. The molecule has 5 unspecified atom stereocenters. The van der Waals surface area contributed by atoms with Gasteiger partial charge in [-0.05, 0) is 43.4 Å². The van der Waals surface area contributed by atoms with E-state index in [0.29, 0.717) is 25.7 Å². The molecule has 3 N–H and O–H groups in total.